The van der Waals surface area contributed by atoms with Crippen molar-refractivity contribution in [2.75, 3.05) is 4.90 Å². The van der Waals surface area contributed by atoms with Gasteiger partial charge < -0.3 is 13.7 Å². The van der Waals surface area contributed by atoms with Gasteiger partial charge in [0.05, 0.1) is 10.4 Å². The molecule has 9 aromatic carbocycles. The van der Waals surface area contributed by atoms with Crippen molar-refractivity contribution in [2.45, 2.75) is 0 Å². The molecule has 0 aliphatic heterocycles. The fourth-order valence-electron chi connectivity index (χ4n) is 9.18. The second kappa shape index (κ2) is 12.7. The second-order valence-electron chi connectivity index (χ2n) is 15.2. The fourth-order valence-corrected chi connectivity index (χ4v) is 11.8. The first-order valence-corrected chi connectivity index (χ1v) is 21.5. The van der Waals surface area contributed by atoms with Gasteiger partial charge in [0, 0.05) is 74.1 Å². The largest absolute Gasteiger partial charge is 0.456 e. The van der Waals surface area contributed by atoms with Crippen LogP contribution in [0.15, 0.2) is 197 Å². The van der Waals surface area contributed by atoms with Gasteiger partial charge in [-0.25, -0.2) is 0 Å². The highest BCUT2D eigenvalue weighted by Crippen LogP contribution is 2.48. The molecule has 0 saturated heterocycles. The molecule has 0 atom stereocenters. The Bertz CT molecular complexity index is 3790. The molecule has 4 heterocycles. The minimum absolute atomic E-state index is 0.907. The van der Waals surface area contributed by atoms with Crippen LogP contribution in [0.1, 0.15) is 0 Å². The maximum atomic E-state index is 6.44. The Morgan fingerprint density at radius 3 is 1.69 bits per heavy atom. The van der Waals surface area contributed by atoms with Crippen LogP contribution in [0.5, 0.6) is 0 Å². The first-order valence-electron chi connectivity index (χ1n) is 19.8. The van der Waals surface area contributed by atoms with Gasteiger partial charge in [-0.1, -0.05) is 127 Å². The Balaban J connectivity index is 0.955. The molecule has 59 heavy (non-hydrogen) atoms. The number of nitrogens with zero attached hydrogens (tertiary/aromatic N) is 1. The molecule has 0 radical (unpaired) electrons. The summed E-state index contributed by atoms with van der Waals surface area (Å²) in [6.07, 6.45) is 0. The molecule has 0 amide bonds. The van der Waals surface area contributed by atoms with Crippen molar-refractivity contribution in [2.24, 2.45) is 0 Å². The monoisotopic (exact) mass is 789 g/mol. The molecule has 3 nitrogen and oxygen atoms in total. The molecular weight excluding hydrogens is 759 g/mol. The molecule has 13 aromatic rings. The van der Waals surface area contributed by atoms with E-state index in [0.29, 0.717) is 0 Å². The molecular formula is C54H31NO2S2. The number of thiophene rings is 2. The van der Waals surface area contributed by atoms with Gasteiger partial charge in [-0.05, 0) is 77.4 Å². The summed E-state index contributed by atoms with van der Waals surface area (Å²) in [6, 6.07) is 67.6. The lowest BCUT2D eigenvalue weighted by molar-refractivity contribution is 0.669. The summed E-state index contributed by atoms with van der Waals surface area (Å²) >= 11 is 3.72. The minimum atomic E-state index is 0.907. The minimum Gasteiger partial charge on any atom is -0.456 e. The topological polar surface area (TPSA) is 29.5 Å². The molecule has 0 spiro atoms. The Labute approximate surface area is 346 Å². The summed E-state index contributed by atoms with van der Waals surface area (Å²) in [6.45, 7) is 0. The van der Waals surface area contributed by atoms with Crippen LogP contribution in [0.25, 0.3) is 106 Å². The number of hydrogen-bond acceptors (Lipinski definition) is 5. The number of rotatable bonds is 5. The van der Waals surface area contributed by atoms with Crippen molar-refractivity contribution < 1.29 is 8.83 Å². The van der Waals surface area contributed by atoms with Crippen LogP contribution in [-0.4, -0.2) is 0 Å². The van der Waals surface area contributed by atoms with Crippen LogP contribution in [0.2, 0.25) is 0 Å². The highest BCUT2D eigenvalue weighted by Gasteiger charge is 2.21. The number of anilines is 3. The van der Waals surface area contributed by atoms with E-state index >= 15 is 0 Å². The van der Waals surface area contributed by atoms with Gasteiger partial charge in [-0.3, -0.25) is 0 Å². The number of benzene rings is 9. The van der Waals surface area contributed by atoms with E-state index in [4.69, 9.17) is 8.83 Å². The molecule has 5 heteroatoms. The number of hydrogen-bond donors (Lipinski definition) is 0. The standard InChI is InChI=1S/C54H31NO2S2/c1-4-19-46-38(10-1)40-15-7-13-36(51(40)57-46)32-22-26-34(27-23-32)55(45-18-9-17-41-39-11-3-6-21-49(39)58-53(41)45)35-28-24-33(25-29-35)37-14-8-16-42-43-30-31-48-50(54(43)59-52(37)42)44-12-2-5-20-47(44)56-48/h1-31H. The summed E-state index contributed by atoms with van der Waals surface area (Å²) in [7, 11) is 0. The Kier molecular flexibility index (Phi) is 7.05. The Morgan fingerprint density at radius 1 is 0.339 bits per heavy atom. The van der Waals surface area contributed by atoms with E-state index < -0.39 is 0 Å². The molecule has 0 unspecified atom stereocenters. The second-order valence-corrected chi connectivity index (χ2v) is 17.2. The number of fused-ring (bicyclic) bond motifs is 13. The highest BCUT2D eigenvalue weighted by atomic mass is 32.1. The molecule has 0 fully saturated rings. The third-order valence-electron chi connectivity index (χ3n) is 11.9. The Hall–Kier alpha value is -7.18. The van der Waals surface area contributed by atoms with E-state index in [1.54, 1.807) is 0 Å². The van der Waals surface area contributed by atoms with Crippen LogP contribution < -0.4 is 4.90 Å². The van der Waals surface area contributed by atoms with Crippen LogP contribution in [0.3, 0.4) is 0 Å². The lowest BCUT2D eigenvalue weighted by Crippen LogP contribution is -2.10. The molecule has 0 bridgehead atoms. The number of furan rings is 2. The van der Waals surface area contributed by atoms with E-state index in [9.17, 15) is 0 Å². The van der Waals surface area contributed by atoms with E-state index in [0.717, 1.165) is 61.3 Å². The molecule has 4 aromatic heterocycles. The molecule has 0 aliphatic carbocycles. The quantitative estimate of drug-likeness (QED) is 0.174. The summed E-state index contributed by atoms with van der Waals surface area (Å²) in [5, 5.41) is 9.74. The summed E-state index contributed by atoms with van der Waals surface area (Å²) in [5.41, 5.74) is 11.7. The van der Waals surface area contributed by atoms with E-state index in [-0.39, 0.29) is 0 Å². The third-order valence-corrected chi connectivity index (χ3v) is 14.4. The van der Waals surface area contributed by atoms with Gasteiger partial charge in [0.15, 0.2) is 0 Å². The van der Waals surface area contributed by atoms with Crippen LogP contribution in [0.4, 0.5) is 17.1 Å². The number of para-hydroxylation sites is 3. The van der Waals surface area contributed by atoms with Gasteiger partial charge in [0.2, 0.25) is 0 Å². The summed E-state index contributed by atoms with van der Waals surface area (Å²) in [4.78, 5) is 2.41. The van der Waals surface area contributed by atoms with Crippen molar-refractivity contribution in [3.05, 3.63) is 188 Å². The predicted octanol–water partition coefficient (Wildman–Crippen LogP) is 17.0. The van der Waals surface area contributed by atoms with Crippen molar-refractivity contribution in [3.8, 4) is 22.3 Å². The molecule has 0 saturated carbocycles. The zero-order valence-corrected chi connectivity index (χ0v) is 33.1. The van der Waals surface area contributed by atoms with Crippen LogP contribution >= 0.6 is 22.7 Å². The normalized spacial score (nSPS) is 12.1. The SMILES string of the molecule is c1ccc2c(c1)oc1c(-c3ccc(N(c4ccc(-c5cccc6c5sc5c6ccc6oc7ccccc7c65)cc4)c4cccc5c4sc4ccccc45)cc3)cccc12. The van der Waals surface area contributed by atoms with Gasteiger partial charge in [-0.15, -0.1) is 22.7 Å². The smallest absolute Gasteiger partial charge is 0.143 e. The lowest BCUT2D eigenvalue weighted by Gasteiger charge is -2.26. The van der Waals surface area contributed by atoms with Gasteiger partial charge in [0.1, 0.15) is 22.3 Å². The van der Waals surface area contributed by atoms with E-state index in [2.05, 4.69) is 175 Å². The third kappa shape index (κ3) is 4.93. The average molecular weight is 790 g/mol. The van der Waals surface area contributed by atoms with Crippen molar-refractivity contribution in [1.82, 2.24) is 0 Å². The summed E-state index contributed by atoms with van der Waals surface area (Å²) < 4.78 is 17.8. The lowest BCUT2D eigenvalue weighted by atomic mass is 10.0. The molecule has 276 valence electrons. The molecule has 0 aliphatic rings. The molecule has 13 rings (SSSR count). The predicted molar refractivity (Wildman–Crippen MR) is 252 cm³/mol. The maximum Gasteiger partial charge on any atom is 0.143 e. The van der Waals surface area contributed by atoms with Crippen molar-refractivity contribution in [3.63, 3.8) is 0 Å². The highest BCUT2D eigenvalue weighted by molar-refractivity contribution is 7.27. The van der Waals surface area contributed by atoms with Crippen LogP contribution in [-0.2, 0) is 0 Å². The van der Waals surface area contributed by atoms with Crippen molar-refractivity contribution >= 4 is 124 Å². The zero-order valence-electron chi connectivity index (χ0n) is 31.5. The zero-order chi connectivity index (χ0) is 38.6. The van der Waals surface area contributed by atoms with Crippen LogP contribution in [0, 0.1) is 0 Å². The summed E-state index contributed by atoms with van der Waals surface area (Å²) in [5.74, 6) is 0. The van der Waals surface area contributed by atoms with E-state index in [1.165, 1.54) is 62.2 Å². The Morgan fingerprint density at radius 2 is 0.915 bits per heavy atom. The molecule has 0 N–H and O–H groups in total. The van der Waals surface area contributed by atoms with Crippen molar-refractivity contribution in [1.29, 1.82) is 0 Å². The average Bonchev–Trinajstić information content (AvgIpc) is 4.07. The van der Waals surface area contributed by atoms with Gasteiger partial charge >= 0.3 is 0 Å². The first-order chi connectivity index (χ1) is 29.2. The maximum absolute atomic E-state index is 6.44. The van der Waals surface area contributed by atoms with Gasteiger partial charge in [-0.2, -0.15) is 0 Å². The van der Waals surface area contributed by atoms with E-state index in [1.807, 2.05) is 40.9 Å². The van der Waals surface area contributed by atoms with Gasteiger partial charge in [0.25, 0.3) is 0 Å². The fraction of sp³-hybridized carbons (Fsp3) is 0. The first kappa shape index (κ1) is 32.9.